The Bertz CT molecular complexity index is 4790. The lowest BCUT2D eigenvalue weighted by Gasteiger charge is -2.36. The molecule has 0 aliphatic carbocycles. The zero-order chi connectivity index (χ0) is 56.0. The van der Waals surface area contributed by atoms with Crippen LogP contribution in [0.15, 0.2) is 273 Å². The molecule has 0 aromatic heterocycles. The third kappa shape index (κ3) is 7.18. The first-order valence-corrected chi connectivity index (χ1v) is 28.5. The zero-order valence-electron chi connectivity index (χ0n) is 45.4. The second kappa shape index (κ2) is 19.5. The van der Waals surface area contributed by atoms with Crippen LogP contribution in [0.3, 0.4) is 0 Å². The summed E-state index contributed by atoms with van der Waals surface area (Å²) in [7, 11) is 0. The molecule has 0 amide bonds. The second-order valence-corrected chi connectivity index (χ2v) is 21.9. The van der Waals surface area contributed by atoms with Crippen LogP contribution in [-0.2, 0) is 0 Å². The summed E-state index contributed by atoms with van der Waals surface area (Å²) in [5, 5.41) is 29.3. The third-order valence-corrected chi connectivity index (χ3v) is 17.7. The molecule has 6 aliphatic heterocycles. The van der Waals surface area contributed by atoms with Crippen molar-refractivity contribution in [3.8, 4) is 51.6 Å². The summed E-state index contributed by atoms with van der Waals surface area (Å²) in [6, 6.07) is 102. The van der Waals surface area contributed by atoms with Crippen LogP contribution in [0.5, 0.6) is 0 Å². The fourth-order valence-electron chi connectivity index (χ4n) is 14.5. The summed E-state index contributed by atoms with van der Waals surface area (Å²) < 4.78 is 0. The van der Waals surface area contributed by atoms with Gasteiger partial charge in [-0.25, -0.2) is 0 Å². The molecule has 6 aliphatic rings. The number of hydrogen-bond acceptors (Lipinski definition) is 6. The van der Waals surface area contributed by atoms with Crippen molar-refractivity contribution in [1.29, 1.82) is 15.8 Å². The first-order chi connectivity index (χ1) is 41.6. The van der Waals surface area contributed by atoms with Gasteiger partial charge < -0.3 is 14.7 Å². The molecule has 12 aromatic rings. The van der Waals surface area contributed by atoms with Gasteiger partial charge in [0.05, 0.1) is 29.3 Å². The molecule has 12 aromatic carbocycles. The number of para-hydroxylation sites is 6. The highest BCUT2D eigenvalue weighted by molar-refractivity contribution is 7.03. The number of rotatable bonds is 3. The van der Waals surface area contributed by atoms with E-state index in [0.29, 0.717) is 5.56 Å². The van der Waals surface area contributed by atoms with Crippen molar-refractivity contribution in [3.05, 3.63) is 290 Å². The third-order valence-electron chi connectivity index (χ3n) is 17.7. The van der Waals surface area contributed by atoms with Gasteiger partial charge in [0.2, 0.25) is 20.1 Å². The van der Waals surface area contributed by atoms with Crippen LogP contribution in [0.2, 0.25) is 0 Å². The lowest BCUT2D eigenvalue weighted by Crippen LogP contribution is -2.55. The quantitative estimate of drug-likeness (QED) is 0.164. The molecule has 84 heavy (non-hydrogen) atoms. The van der Waals surface area contributed by atoms with Crippen LogP contribution in [0.25, 0.3) is 33.4 Å². The summed E-state index contributed by atoms with van der Waals surface area (Å²) in [5.74, 6) is 0. The summed E-state index contributed by atoms with van der Waals surface area (Å²) >= 11 is 0. The van der Waals surface area contributed by atoms with Crippen molar-refractivity contribution in [2.75, 3.05) is 14.7 Å². The molecule has 6 nitrogen and oxygen atoms in total. The standard InChI is InChI=1S/3C25H15BN2/c27-16-17-8-6-11-19-20-12-7-15-23-25(20)26(24(17)19)21-13-4-5-14-22(21)28(23)18-9-2-1-3-10-18;27-16-17-14-20-19-10-4-5-11-21(19)26-22-12-6-7-13-23(22)28(24(15-17)25(20)26)18-8-2-1-3-9-18;27-16-17-14-15-23-25-24(17)19-10-4-5-11-20(19)26(25)21-12-6-7-13-22(21)28(23)18-8-2-1-3-9-18/h3*1-15H. The Kier molecular flexibility index (Phi) is 11.3. The topological polar surface area (TPSA) is 81.1 Å². The average molecular weight is 1060 g/mol. The first kappa shape index (κ1) is 48.6. The van der Waals surface area contributed by atoms with E-state index in [2.05, 4.69) is 263 Å². The molecule has 0 fully saturated rings. The van der Waals surface area contributed by atoms with Crippen LogP contribution in [-0.4, -0.2) is 20.1 Å². The number of nitriles is 3. The summed E-state index contributed by atoms with van der Waals surface area (Å²) in [5.41, 5.74) is 31.3. The minimum absolute atomic E-state index is 0.105. The molecular weight excluding hydrogens is 1020 g/mol. The molecule has 0 spiro atoms. The minimum atomic E-state index is 0.105. The Morgan fingerprint density at radius 2 is 0.655 bits per heavy atom. The van der Waals surface area contributed by atoms with Gasteiger partial charge in [-0.2, -0.15) is 15.8 Å². The monoisotopic (exact) mass is 1060 g/mol. The van der Waals surface area contributed by atoms with Crippen molar-refractivity contribution in [3.63, 3.8) is 0 Å². The SMILES string of the molecule is N#Cc1cc2c3c(c1)N(c1ccccc1)c1ccccc1B3c1ccccc1-2.N#Cc1ccc2c3c1-c1ccccc1B3c1ccccc1N2c1ccccc1.N#Cc1cccc2c1B1c3ccccc3N(c3ccccc3)c3cccc-2c31. The fraction of sp³-hybridized carbons (Fsp3) is 0. The van der Waals surface area contributed by atoms with E-state index < -0.39 is 0 Å². The van der Waals surface area contributed by atoms with Gasteiger partial charge in [-0.05, 0) is 163 Å². The normalized spacial score (nSPS) is 12.8. The number of benzene rings is 12. The van der Waals surface area contributed by atoms with E-state index in [0.717, 1.165) is 44.9 Å². The van der Waals surface area contributed by atoms with Gasteiger partial charge in [0.1, 0.15) is 0 Å². The van der Waals surface area contributed by atoms with Crippen molar-refractivity contribution in [1.82, 2.24) is 0 Å². The Morgan fingerprint density at radius 1 is 0.250 bits per heavy atom. The van der Waals surface area contributed by atoms with Gasteiger partial charge in [0.15, 0.2) is 0 Å². The highest BCUT2D eigenvalue weighted by atomic mass is 15.2. The maximum atomic E-state index is 9.81. The highest BCUT2D eigenvalue weighted by Gasteiger charge is 2.46. The summed E-state index contributed by atoms with van der Waals surface area (Å²) in [6.45, 7) is 0.490. The molecule has 0 bridgehead atoms. The molecule has 0 atom stereocenters. The number of nitrogens with zero attached hydrogens (tertiary/aromatic N) is 6. The largest absolute Gasteiger partial charge is 0.312 e. The van der Waals surface area contributed by atoms with Crippen LogP contribution < -0.4 is 63.9 Å². The summed E-state index contributed by atoms with van der Waals surface area (Å²) in [6.07, 6.45) is 0. The zero-order valence-corrected chi connectivity index (χ0v) is 45.4. The average Bonchev–Trinajstić information content (AvgIpc) is 1.77. The molecule has 0 saturated carbocycles. The predicted octanol–water partition coefficient (Wildman–Crippen LogP) is 11.5. The van der Waals surface area contributed by atoms with Gasteiger partial charge in [0.25, 0.3) is 0 Å². The second-order valence-electron chi connectivity index (χ2n) is 21.9. The van der Waals surface area contributed by atoms with Gasteiger partial charge in [-0.15, -0.1) is 0 Å². The number of fused-ring (bicyclic) bond motifs is 15. The van der Waals surface area contributed by atoms with Crippen LogP contribution in [0, 0.1) is 34.0 Å². The maximum Gasteiger partial charge on any atom is 0.250 e. The first-order valence-electron chi connectivity index (χ1n) is 28.5. The lowest BCUT2D eigenvalue weighted by atomic mass is 9.36. The highest BCUT2D eigenvalue weighted by Crippen LogP contribution is 2.44. The molecular formula is C75H45B3N6. The Morgan fingerprint density at radius 3 is 1.21 bits per heavy atom. The van der Waals surface area contributed by atoms with E-state index in [4.69, 9.17) is 0 Å². The molecule has 0 saturated heterocycles. The molecule has 9 heteroatoms. The van der Waals surface area contributed by atoms with E-state index in [9.17, 15) is 15.8 Å². The molecule has 6 heterocycles. The van der Waals surface area contributed by atoms with Crippen molar-refractivity contribution < 1.29 is 0 Å². The maximum absolute atomic E-state index is 9.81. The fourth-order valence-corrected chi connectivity index (χ4v) is 14.5. The van der Waals surface area contributed by atoms with Gasteiger partial charge in [-0.1, -0.05) is 193 Å². The molecule has 0 unspecified atom stereocenters. The Hall–Kier alpha value is -11.3. The molecule has 18 rings (SSSR count). The van der Waals surface area contributed by atoms with Gasteiger partial charge >= 0.3 is 0 Å². The van der Waals surface area contributed by atoms with E-state index >= 15 is 0 Å². The molecule has 0 N–H and O–H groups in total. The van der Waals surface area contributed by atoms with Crippen LogP contribution >= 0.6 is 0 Å². The van der Waals surface area contributed by atoms with Crippen molar-refractivity contribution >= 4 is 120 Å². The van der Waals surface area contributed by atoms with Crippen molar-refractivity contribution in [2.45, 2.75) is 0 Å². The van der Waals surface area contributed by atoms with E-state index in [-0.39, 0.29) is 20.1 Å². The lowest BCUT2D eigenvalue weighted by molar-refractivity contribution is 1.29. The molecule has 0 radical (unpaired) electrons. The number of hydrogen-bond donors (Lipinski definition) is 0. The number of anilines is 9. The van der Waals surface area contributed by atoms with Crippen LogP contribution in [0.4, 0.5) is 51.2 Å². The Balaban J connectivity index is 0.000000103. The Labute approximate surface area is 489 Å². The summed E-state index contributed by atoms with van der Waals surface area (Å²) in [4.78, 5) is 6.98. The molecule has 384 valence electrons. The van der Waals surface area contributed by atoms with E-state index in [1.807, 2.05) is 42.5 Å². The van der Waals surface area contributed by atoms with E-state index in [1.165, 1.54) is 100.0 Å². The predicted molar refractivity (Wildman–Crippen MR) is 348 cm³/mol. The smallest absolute Gasteiger partial charge is 0.250 e. The van der Waals surface area contributed by atoms with E-state index in [1.54, 1.807) is 0 Å². The van der Waals surface area contributed by atoms with Crippen LogP contribution in [0.1, 0.15) is 16.7 Å². The minimum Gasteiger partial charge on any atom is -0.312 e. The van der Waals surface area contributed by atoms with Crippen molar-refractivity contribution in [2.24, 2.45) is 0 Å². The van der Waals surface area contributed by atoms with Gasteiger partial charge in [0, 0.05) is 56.7 Å². The van der Waals surface area contributed by atoms with Gasteiger partial charge in [-0.3, -0.25) is 0 Å².